The molecule has 4 rings (SSSR count). The molecule has 3 fully saturated rings. The number of halogens is 3. The third-order valence-corrected chi connectivity index (χ3v) is 5.98. The summed E-state index contributed by atoms with van der Waals surface area (Å²) in [6.45, 7) is 2.49. The second kappa shape index (κ2) is 6.59. The fourth-order valence-electron chi connectivity index (χ4n) is 3.83. The molecule has 1 spiro atoms. The van der Waals surface area contributed by atoms with Gasteiger partial charge in [-0.1, -0.05) is 15.9 Å². The number of likely N-dealkylation sites (tertiary alicyclic amines) is 1. The molecule has 0 bridgehead atoms. The Morgan fingerprint density at radius 1 is 1.20 bits per heavy atom. The van der Waals surface area contributed by atoms with Crippen molar-refractivity contribution in [2.24, 2.45) is 0 Å². The third-order valence-electron chi connectivity index (χ3n) is 5.52. The highest BCUT2D eigenvalue weighted by molar-refractivity contribution is 9.10. The molecule has 2 saturated heterocycles. The highest BCUT2D eigenvalue weighted by atomic mass is 79.9. The lowest BCUT2D eigenvalue weighted by Gasteiger charge is -2.47. The van der Waals surface area contributed by atoms with Crippen molar-refractivity contribution in [2.45, 2.75) is 43.9 Å². The first-order chi connectivity index (χ1) is 12.0. The molecule has 7 heteroatoms. The Morgan fingerprint density at radius 2 is 1.84 bits per heavy atom. The summed E-state index contributed by atoms with van der Waals surface area (Å²) in [4.78, 5) is 16.0. The Labute approximate surface area is 154 Å². The van der Waals surface area contributed by atoms with Gasteiger partial charge in [-0.15, -0.1) is 0 Å². The molecule has 3 aliphatic rings. The van der Waals surface area contributed by atoms with Gasteiger partial charge in [0.25, 0.3) is 0 Å². The summed E-state index contributed by atoms with van der Waals surface area (Å²) in [5.74, 6) is -0.951. The van der Waals surface area contributed by atoms with Crippen LogP contribution < -0.4 is 0 Å². The quantitative estimate of drug-likeness (QED) is 0.761. The summed E-state index contributed by atoms with van der Waals surface area (Å²) in [6.07, 6.45) is 3.75. The van der Waals surface area contributed by atoms with Gasteiger partial charge in [0.05, 0.1) is 12.1 Å². The molecule has 4 nitrogen and oxygen atoms in total. The summed E-state index contributed by atoms with van der Waals surface area (Å²) in [7, 11) is 0. The summed E-state index contributed by atoms with van der Waals surface area (Å²) in [5, 5.41) is 0. The Kier molecular flexibility index (Phi) is 4.58. The van der Waals surface area contributed by atoms with E-state index in [1.54, 1.807) is 0 Å². The van der Waals surface area contributed by atoms with E-state index in [1.165, 1.54) is 12.1 Å². The molecule has 136 valence electrons. The number of hydrogen-bond donors (Lipinski definition) is 0. The minimum Gasteiger partial charge on any atom is -0.363 e. The Hall–Kier alpha value is -1.05. The van der Waals surface area contributed by atoms with E-state index in [1.807, 2.05) is 4.90 Å². The monoisotopic (exact) mass is 414 g/mol. The van der Waals surface area contributed by atoms with Crippen LogP contribution in [0.4, 0.5) is 8.78 Å². The van der Waals surface area contributed by atoms with Gasteiger partial charge in [0.1, 0.15) is 18.2 Å². The van der Waals surface area contributed by atoms with E-state index in [-0.39, 0.29) is 30.2 Å². The first-order valence-electron chi connectivity index (χ1n) is 8.75. The first-order valence-corrected chi connectivity index (χ1v) is 9.54. The van der Waals surface area contributed by atoms with Crippen molar-refractivity contribution in [3.63, 3.8) is 0 Å². The Morgan fingerprint density at radius 3 is 2.44 bits per heavy atom. The van der Waals surface area contributed by atoms with Gasteiger partial charge in [0.15, 0.2) is 0 Å². The topological polar surface area (TPSA) is 32.8 Å². The lowest BCUT2D eigenvalue weighted by Crippen LogP contribution is -2.59. The van der Waals surface area contributed by atoms with Gasteiger partial charge in [-0.05, 0) is 37.8 Å². The number of hydrogen-bond acceptors (Lipinski definition) is 3. The van der Waals surface area contributed by atoms with E-state index in [0.29, 0.717) is 30.1 Å². The molecule has 2 aliphatic heterocycles. The van der Waals surface area contributed by atoms with Crippen LogP contribution in [-0.4, -0.2) is 53.6 Å². The van der Waals surface area contributed by atoms with E-state index >= 15 is 0 Å². The number of nitrogens with zero attached hydrogens (tertiary/aromatic N) is 2. The van der Waals surface area contributed by atoms with E-state index < -0.39 is 11.6 Å². The van der Waals surface area contributed by atoms with Crippen molar-refractivity contribution in [3.8, 4) is 0 Å². The molecule has 1 saturated carbocycles. The lowest BCUT2D eigenvalue weighted by molar-refractivity contribution is -0.172. The largest absolute Gasteiger partial charge is 0.363 e. The number of carbonyl (C=O) groups is 1. The Bertz CT molecular complexity index is 665. The van der Waals surface area contributed by atoms with E-state index in [9.17, 15) is 13.6 Å². The summed E-state index contributed by atoms with van der Waals surface area (Å²) in [5.41, 5.74) is -0.178. The zero-order valence-electron chi connectivity index (χ0n) is 13.9. The van der Waals surface area contributed by atoms with Crippen LogP contribution in [0, 0.1) is 11.6 Å². The predicted molar refractivity (Wildman–Crippen MR) is 92.0 cm³/mol. The normalized spacial score (nSPS) is 24.1. The number of carbonyl (C=O) groups excluding carboxylic acids is 1. The molecule has 0 atom stereocenters. The number of benzene rings is 1. The highest BCUT2D eigenvalue weighted by Crippen LogP contribution is 2.36. The number of amides is 1. The molecule has 0 radical (unpaired) electrons. The number of piperidine rings is 1. The van der Waals surface area contributed by atoms with Gasteiger partial charge in [-0.2, -0.15) is 0 Å². The van der Waals surface area contributed by atoms with Gasteiger partial charge < -0.3 is 9.64 Å². The van der Waals surface area contributed by atoms with Crippen LogP contribution in [-0.2, 0) is 16.1 Å². The zero-order valence-corrected chi connectivity index (χ0v) is 15.5. The maximum Gasteiger partial charge on any atom is 0.248 e. The molecule has 0 aromatic heterocycles. The summed E-state index contributed by atoms with van der Waals surface area (Å²) >= 11 is 3.11. The molecular weight excluding hydrogens is 394 g/mol. The second-order valence-corrected chi connectivity index (χ2v) is 8.26. The maximum absolute atomic E-state index is 14.0. The molecular formula is C18H21BrF2N2O2. The van der Waals surface area contributed by atoms with Crippen molar-refractivity contribution in [1.82, 2.24) is 9.80 Å². The van der Waals surface area contributed by atoms with Gasteiger partial charge in [-0.3, -0.25) is 9.69 Å². The van der Waals surface area contributed by atoms with Crippen molar-refractivity contribution in [2.75, 3.05) is 26.2 Å². The lowest BCUT2D eigenvalue weighted by atomic mass is 9.89. The fraction of sp³-hybridized carbons (Fsp3) is 0.611. The van der Waals surface area contributed by atoms with E-state index in [2.05, 4.69) is 20.8 Å². The van der Waals surface area contributed by atoms with Gasteiger partial charge >= 0.3 is 0 Å². The second-order valence-electron chi connectivity index (χ2n) is 7.35. The van der Waals surface area contributed by atoms with E-state index in [0.717, 1.165) is 25.7 Å². The minimum atomic E-state index is -0.522. The fourth-order valence-corrected chi connectivity index (χ4v) is 4.23. The molecule has 1 aromatic rings. The minimum absolute atomic E-state index is 0.0922. The van der Waals surface area contributed by atoms with E-state index in [4.69, 9.17) is 4.74 Å². The molecule has 1 amide bonds. The van der Waals surface area contributed by atoms with Crippen LogP contribution in [0.5, 0.6) is 0 Å². The van der Waals surface area contributed by atoms with Crippen LogP contribution in [0.2, 0.25) is 0 Å². The summed E-state index contributed by atoms with van der Waals surface area (Å²) < 4.78 is 34.4. The van der Waals surface area contributed by atoms with Gasteiger partial charge in [0, 0.05) is 35.7 Å². The van der Waals surface area contributed by atoms with Crippen LogP contribution >= 0.6 is 15.9 Å². The molecule has 1 aromatic carbocycles. The molecule has 1 aliphatic carbocycles. The standard InChI is InChI=1S/C18H21BrF2N2O2/c19-12-7-15(20)14(16(21)8-12)9-22-5-3-18(4-6-22)11-23(13-1-2-13)17(24)10-25-18/h7-8,13H,1-6,9-11H2. The molecule has 0 N–H and O–H groups in total. The number of morpholine rings is 1. The van der Waals surface area contributed by atoms with Gasteiger partial charge in [0.2, 0.25) is 5.91 Å². The van der Waals surface area contributed by atoms with Crippen molar-refractivity contribution in [3.05, 3.63) is 33.8 Å². The van der Waals surface area contributed by atoms with Crippen LogP contribution in [0.1, 0.15) is 31.2 Å². The van der Waals surface area contributed by atoms with Crippen LogP contribution in [0.15, 0.2) is 16.6 Å². The van der Waals surface area contributed by atoms with Crippen LogP contribution in [0.25, 0.3) is 0 Å². The van der Waals surface area contributed by atoms with Crippen molar-refractivity contribution < 1.29 is 18.3 Å². The maximum atomic E-state index is 14.0. The number of ether oxygens (including phenoxy) is 1. The third kappa shape index (κ3) is 3.59. The zero-order chi connectivity index (χ0) is 17.6. The SMILES string of the molecule is O=C1COC2(CCN(Cc3c(F)cc(Br)cc3F)CC2)CN1C1CC1. The molecule has 0 unspecified atom stereocenters. The average Bonchev–Trinajstić information content (AvgIpc) is 3.40. The summed E-state index contributed by atoms with van der Waals surface area (Å²) in [6, 6.07) is 3.00. The highest BCUT2D eigenvalue weighted by Gasteiger charge is 2.46. The molecule has 25 heavy (non-hydrogen) atoms. The van der Waals surface area contributed by atoms with Crippen molar-refractivity contribution in [1.29, 1.82) is 0 Å². The predicted octanol–water partition coefficient (Wildman–Crippen LogP) is 3.08. The van der Waals surface area contributed by atoms with Crippen molar-refractivity contribution >= 4 is 21.8 Å². The smallest absolute Gasteiger partial charge is 0.248 e. The average molecular weight is 415 g/mol. The number of rotatable bonds is 3. The first kappa shape index (κ1) is 17.4. The van der Waals surface area contributed by atoms with Gasteiger partial charge in [-0.25, -0.2) is 8.78 Å². The Balaban J connectivity index is 1.39. The molecule has 2 heterocycles. The van der Waals surface area contributed by atoms with Crippen LogP contribution in [0.3, 0.4) is 0 Å².